The van der Waals surface area contributed by atoms with Crippen molar-refractivity contribution in [3.63, 3.8) is 0 Å². The van der Waals surface area contributed by atoms with Gasteiger partial charge in [0.2, 0.25) is 0 Å². The molecule has 4 aromatic carbocycles. The van der Waals surface area contributed by atoms with Gasteiger partial charge in [0.25, 0.3) is 11.8 Å². The van der Waals surface area contributed by atoms with Gasteiger partial charge < -0.3 is 14.2 Å². The zero-order valence-corrected chi connectivity index (χ0v) is 24.5. The Hall–Kier alpha value is -4.79. The molecule has 0 saturated carbocycles. The van der Waals surface area contributed by atoms with Crippen LogP contribution in [0.1, 0.15) is 23.6 Å². The number of benzene rings is 4. The number of nitrogens with one attached hydrogen (secondary N) is 1. The van der Waals surface area contributed by atoms with Crippen molar-refractivity contribution in [3.05, 3.63) is 123 Å². The molecular weight excluding hydrogens is 591 g/mol. The minimum Gasteiger partial charge on any atom is -0.490 e. The zero-order chi connectivity index (χ0) is 30.3. The standard InChI is InChI=1S/C33H26Cl2N2O6/c1-2-41-30-17-23(10-15-29(30)43-19-22-6-4-3-5-7-22)20-42-25-12-8-21(9-13-25)16-26-31(38)36-33(40)37(32(26)39)24-11-14-27(34)28(35)18-24/h3-18H,2,19-20H2,1H3,(H,36,38,40)/b26-16-. The third kappa shape index (κ3) is 7.17. The molecule has 0 spiro atoms. The van der Waals surface area contributed by atoms with Gasteiger partial charge >= 0.3 is 6.03 Å². The molecule has 5 rings (SSSR count). The smallest absolute Gasteiger partial charge is 0.335 e. The number of hydrogen-bond donors (Lipinski definition) is 1. The van der Waals surface area contributed by atoms with E-state index in [1.54, 1.807) is 24.3 Å². The Labute approximate surface area is 258 Å². The second kappa shape index (κ2) is 13.5. The molecule has 218 valence electrons. The number of barbiturate groups is 1. The summed E-state index contributed by atoms with van der Waals surface area (Å²) in [6, 6.07) is 25.8. The van der Waals surface area contributed by atoms with Crippen molar-refractivity contribution in [3.8, 4) is 17.2 Å². The van der Waals surface area contributed by atoms with E-state index in [0.29, 0.717) is 36.0 Å². The van der Waals surface area contributed by atoms with E-state index < -0.39 is 17.8 Å². The van der Waals surface area contributed by atoms with Crippen LogP contribution in [0.2, 0.25) is 10.0 Å². The van der Waals surface area contributed by atoms with Gasteiger partial charge in [-0.25, -0.2) is 9.69 Å². The van der Waals surface area contributed by atoms with Crippen LogP contribution in [0.15, 0.2) is 96.6 Å². The van der Waals surface area contributed by atoms with Gasteiger partial charge in [0.05, 0.1) is 22.3 Å². The number of halogens is 2. The average molecular weight is 617 g/mol. The van der Waals surface area contributed by atoms with E-state index in [1.165, 1.54) is 24.3 Å². The number of rotatable bonds is 10. The summed E-state index contributed by atoms with van der Waals surface area (Å²) in [5.74, 6) is 0.274. The first-order chi connectivity index (χ1) is 20.8. The van der Waals surface area contributed by atoms with E-state index >= 15 is 0 Å². The summed E-state index contributed by atoms with van der Waals surface area (Å²) in [7, 11) is 0. The van der Waals surface area contributed by atoms with Gasteiger partial charge in [0, 0.05) is 0 Å². The van der Waals surface area contributed by atoms with E-state index in [4.69, 9.17) is 37.4 Å². The highest BCUT2D eigenvalue weighted by atomic mass is 35.5. The van der Waals surface area contributed by atoms with Crippen LogP contribution in [-0.4, -0.2) is 24.5 Å². The predicted octanol–water partition coefficient (Wildman–Crippen LogP) is 7.22. The third-order valence-electron chi connectivity index (χ3n) is 6.40. The van der Waals surface area contributed by atoms with Crippen LogP contribution in [0.25, 0.3) is 6.08 Å². The van der Waals surface area contributed by atoms with Crippen LogP contribution < -0.4 is 24.4 Å². The topological polar surface area (TPSA) is 94.2 Å². The third-order valence-corrected chi connectivity index (χ3v) is 7.14. The van der Waals surface area contributed by atoms with Crippen molar-refractivity contribution in [2.24, 2.45) is 0 Å². The van der Waals surface area contributed by atoms with Crippen LogP contribution in [0.3, 0.4) is 0 Å². The van der Waals surface area contributed by atoms with Gasteiger partial charge in [-0.1, -0.05) is 71.7 Å². The monoisotopic (exact) mass is 616 g/mol. The fourth-order valence-corrected chi connectivity index (χ4v) is 4.57. The van der Waals surface area contributed by atoms with Gasteiger partial charge in [-0.3, -0.25) is 14.9 Å². The van der Waals surface area contributed by atoms with E-state index in [9.17, 15) is 14.4 Å². The quantitative estimate of drug-likeness (QED) is 0.149. The Kier molecular flexibility index (Phi) is 9.29. The highest BCUT2D eigenvalue weighted by Gasteiger charge is 2.37. The Morgan fingerprint density at radius 3 is 2.21 bits per heavy atom. The highest BCUT2D eigenvalue weighted by molar-refractivity contribution is 6.43. The largest absolute Gasteiger partial charge is 0.490 e. The summed E-state index contributed by atoms with van der Waals surface area (Å²) in [5.41, 5.74) is 2.48. The summed E-state index contributed by atoms with van der Waals surface area (Å²) in [5, 5.41) is 2.62. The lowest BCUT2D eigenvalue weighted by Gasteiger charge is -2.26. The Bertz CT molecular complexity index is 1690. The summed E-state index contributed by atoms with van der Waals surface area (Å²) < 4.78 is 17.7. The van der Waals surface area contributed by atoms with Crippen molar-refractivity contribution < 1.29 is 28.6 Å². The molecular formula is C33H26Cl2N2O6. The lowest BCUT2D eigenvalue weighted by atomic mass is 10.1. The summed E-state index contributed by atoms with van der Waals surface area (Å²) in [4.78, 5) is 38.9. The Morgan fingerprint density at radius 1 is 0.744 bits per heavy atom. The SMILES string of the molecule is CCOc1cc(COc2ccc(/C=C3/C(=O)NC(=O)N(c4ccc(Cl)c(Cl)c4)C3=O)cc2)ccc1OCc1ccccc1. The maximum atomic E-state index is 13.1. The summed E-state index contributed by atoms with van der Waals surface area (Å²) in [6.07, 6.45) is 1.40. The van der Waals surface area contributed by atoms with Gasteiger partial charge in [-0.15, -0.1) is 0 Å². The Morgan fingerprint density at radius 2 is 1.49 bits per heavy atom. The Balaban J connectivity index is 1.25. The molecule has 4 amide bonds. The molecule has 1 saturated heterocycles. The maximum Gasteiger partial charge on any atom is 0.335 e. The zero-order valence-electron chi connectivity index (χ0n) is 23.0. The maximum absolute atomic E-state index is 13.1. The molecule has 10 heteroatoms. The molecule has 1 aliphatic heterocycles. The fourth-order valence-electron chi connectivity index (χ4n) is 4.27. The van der Waals surface area contributed by atoms with Gasteiger partial charge in [-0.2, -0.15) is 0 Å². The van der Waals surface area contributed by atoms with Crippen LogP contribution in [0.5, 0.6) is 17.2 Å². The van der Waals surface area contributed by atoms with E-state index in [0.717, 1.165) is 16.0 Å². The highest BCUT2D eigenvalue weighted by Crippen LogP contribution is 2.31. The number of ether oxygens (including phenoxy) is 3. The molecule has 8 nitrogen and oxygen atoms in total. The normalized spacial score (nSPS) is 14.1. The minimum absolute atomic E-state index is 0.166. The number of carbonyl (C=O) groups is 3. The molecule has 1 fully saturated rings. The van der Waals surface area contributed by atoms with E-state index in [1.807, 2.05) is 55.5 Å². The fraction of sp³-hybridized carbons (Fsp3) is 0.121. The lowest BCUT2D eigenvalue weighted by Crippen LogP contribution is -2.54. The molecule has 0 aromatic heterocycles. The molecule has 1 heterocycles. The number of anilines is 1. The molecule has 0 aliphatic carbocycles. The first kappa shape index (κ1) is 29.7. The molecule has 0 bridgehead atoms. The second-order valence-corrected chi connectivity index (χ2v) is 10.2. The van der Waals surface area contributed by atoms with E-state index in [-0.39, 0.29) is 27.9 Å². The lowest BCUT2D eigenvalue weighted by molar-refractivity contribution is -0.122. The minimum atomic E-state index is -0.877. The first-order valence-electron chi connectivity index (χ1n) is 13.3. The van der Waals surface area contributed by atoms with Crippen LogP contribution in [-0.2, 0) is 22.8 Å². The molecule has 1 N–H and O–H groups in total. The number of carbonyl (C=O) groups excluding carboxylic acids is 3. The van der Waals surface area contributed by atoms with Gasteiger partial charge in [0.15, 0.2) is 11.5 Å². The molecule has 4 aromatic rings. The summed E-state index contributed by atoms with van der Waals surface area (Å²) in [6.45, 7) is 3.11. The molecule has 43 heavy (non-hydrogen) atoms. The molecule has 0 unspecified atom stereocenters. The van der Waals surface area contributed by atoms with Crippen molar-refractivity contribution in [1.29, 1.82) is 0 Å². The summed E-state index contributed by atoms with van der Waals surface area (Å²) >= 11 is 12.0. The van der Waals surface area contributed by atoms with Gasteiger partial charge in [0.1, 0.15) is 24.5 Å². The van der Waals surface area contributed by atoms with Crippen LogP contribution in [0, 0.1) is 0 Å². The first-order valence-corrected chi connectivity index (χ1v) is 14.1. The molecule has 0 atom stereocenters. The van der Waals surface area contributed by atoms with Crippen molar-refractivity contribution >= 4 is 52.8 Å². The van der Waals surface area contributed by atoms with Crippen molar-refractivity contribution in [1.82, 2.24) is 5.32 Å². The number of urea groups is 1. The van der Waals surface area contributed by atoms with Crippen molar-refractivity contribution in [2.45, 2.75) is 20.1 Å². The number of hydrogen-bond acceptors (Lipinski definition) is 6. The second-order valence-electron chi connectivity index (χ2n) is 9.40. The van der Waals surface area contributed by atoms with Crippen molar-refractivity contribution in [2.75, 3.05) is 11.5 Å². The van der Waals surface area contributed by atoms with Gasteiger partial charge in [-0.05, 0) is 72.2 Å². The molecule has 1 aliphatic rings. The van der Waals surface area contributed by atoms with E-state index in [2.05, 4.69) is 5.32 Å². The average Bonchev–Trinajstić information content (AvgIpc) is 3.00. The van der Waals surface area contributed by atoms with Crippen LogP contribution in [0.4, 0.5) is 10.5 Å². The van der Waals surface area contributed by atoms with Crippen LogP contribution >= 0.6 is 23.2 Å². The predicted molar refractivity (Wildman–Crippen MR) is 165 cm³/mol. The number of nitrogens with zero attached hydrogens (tertiary/aromatic N) is 1. The molecule has 0 radical (unpaired) electrons. The number of imide groups is 2. The number of amides is 4.